The summed E-state index contributed by atoms with van der Waals surface area (Å²) in [5.41, 5.74) is 6.54. The quantitative estimate of drug-likeness (QED) is 0.473. The average Bonchev–Trinajstić information content (AvgIpc) is 3.33. The Morgan fingerprint density at radius 3 is 2.38 bits per heavy atom. The molecule has 1 amide bonds. The smallest absolute Gasteiger partial charge is 0.410 e. The maximum absolute atomic E-state index is 14.5. The Hall–Kier alpha value is -3.91. The summed E-state index contributed by atoms with van der Waals surface area (Å²) in [6, 6.07) is 22.9. The zero-order chi connectivity index (χ0) is 23.2. The SMILES string of the molecule is N#Cc1ccc(F)c(C2=CC3CCC(C2)N3C(=O)OCC2c3ccccc3-c3ccccc32)c1. The number of rotatable bonds is 3. The van der Waals surface area contributed by atoms with Crippen LogP contribution < -0.4 is 0 Å². The van der Waals surface area contributed by atoms with E-state index in [4.69, 9.17) is 4.74 Å². The van der Waals surface area contributed by atoms with Gasteiger partial charge in [0.05, 0.1) is 17.7 Å². The number of hydrogen-bond donors (Lipinski definition) is 0. The second kappa shape index (κ2) is 8.14. The van der Waals surface area contributed by atoms with Gasteiger partial charge < -0.3 is 4.74 Å². The number of amides is 1. The third-order valence-corrected chi connectivity index (χ3v) is 7.38. The maximum Gasteiger partial charge on any atom is 0.410 e. The van der Waals surface area contributed by atoms with E-state index < -0.39 is 0 Å². The summed E-state index contributed by atoms with van der Waals surface area (Å²) in [7, 11) is 0. The molecule has 2 bridgehead atoms. The summed E-state index contributed by atoms with van der Waals surface area (Å²) in [5, 5.41) is 9.19. The number of carbonyl (C=O) groups excluding carboxylic acids is 1. The van der Waals surface area contributed by atoms with Crippen LogP contribution >= 0.6 is 0 Å². The molecule has 2 unspecified atom stereocenters. The molecule has 6 rings (SSSR count). The number of ether oxygens (including phenoxy) is 1. The van der Waals surface area contributed by atoms with Gasteiger partial charge in [-0.3, -0.25) is 4.90 Å². The fourth-order valence-electron chi connectivity index (χ4n) is 5.82. The van der Waals surface area contributed by atoms with Crippen molar-refractivity contribution in [3.8, 4) is 17.2 Å². The number of halogens is 1. The van der Waals surface area contributed by atoms with Crippen molar-refractivity contribution in [2.24, 2.45) is 0 Å². The van der Waals surface area contributed by atoms with E-state index in [1.54, 1.807) is 6.07 Å². The topological polar surface area (TPSA) is 53.3 Å². The minimum absolute atomic E-state index is 0.0210. The van der Waals surface area contributed by atoms with E-state index >= 15 is 0 Å². The second-order valence-corrected chi connectivity index (χ2v) is 9.21. The largest absolute Gasteiger partial charge is 0.448 e. The molecule has 2 atom stereocenters. The molecule has 0 spiro atoms. The van der Waals surface area contributed by atoms with E-state index in [0.29, 0.717) is 17.5 Å². The Morgan fingerprint density at radius 1 is 1.00 bits per heavy atom. The molecule has 2 aliphatic heterocycles. The van der Waals surface area contributed by atoms with E-state index in [9.17, 15) is 14.4 Å². The third-order valence-electron chi connectivity index (χ3n) is 7.38. The molecule has 3 aliphatic rings. The van der Waals surface area contributed by atoms with Crippen molar-refractivity contribution in [1.29, 1.82) is 5.26 Å². The van der Waals surface area contributed by atoms with Crippen molar-refractivity contribution in [3.63, 3.8) is 0 Å². The molecule has 5 heteroatoms. The molecule has 1 saturated heterocycles. The standard InChI is InChI=1S/C29H23FN2O2/c30-28-12-9-18(16-31)13-26(28)19-14-20-10-11-21(15-19)32(20)29(33)34-17-27-24-7-3-1-5-22(24)23-6-2-4-8-25(23)27/h1-9,12-14,20-21,27H,10-11,15,17H2. The van der Waals surface area contributed by atoms with Crippen LogP contribution in [0.2, 0.25) is 0 Å². The Morgan fingerprint density at radius 2 is 1.71 bits per heavy atom. The normalized spacial score (nSPS) is 20.4. The van der Waals surface area contributed by atoms with Gasteiger partial charge >= 0.3 is 6.09 Å². The number of nitrogens with zero attached hydrogens (tertiary/aromatic N) is 2. The van der Waals surface area contributed by atoms with Gasteiger partial charge in [0, 0.05) is 17.5 Å². The minimum atomic E-state index is -0.334. The summed E-state index contributed by atoms with van der Waals surface area (Å²) in [5.74, 6) is -0.313. The molecule has 0 radical (unpaired) electrons. The molecule has 1 fully saturated rings. The van der Waals surface area contributed by atoms with E-state index in [-0.39, 0.29) is 36.5 Å². The Balaban J connectivity index is 1.21. The number of benzene rings is 3. The molecule has 3 aromatic carbocycles. The van der Waals surface area contributed by atoms with Crippen molar-refractivity contribution in [2.75, 3.05) is 6.61 Å². The molecule has 0 aromatic heterocycles. The monoisotopic (exact) mass is 450 g/mol. The van der Waals surface area contributed by atoms with Gasteiger partial charge in [-0.1, -0.05) is 54.6 Å². The van der Waals surface area contributed by atoms with Gasteiger partial charge in [-0.15, -0.1) is 0 Å². The van der Waals surface area contributed by atoms with Crippen LogP contribution in [0.3, 0.4) is 0 Å². The zero-order valence-electron chi connectivity index (χ0n) is 18.6. The molecular weight excluding hydrogens is 427 g/mol. The number of nitriles is 1. The highest BCUT2D eigenvalue weighted by Gasteiger charge is 2.41. The molecular formula is C29H23FN2O2. The molecule has 168 valence electrons. The van der Waals surface area contributed by atoms with Crippen molar-refractivity contribution in [3.05, 3.63) is 101 Å². The fourth-order valence-corrected chi connectivity index (χ4v) is 5.82. The van der Waals surface area contributed by atoms with E-state index in [2.05, 4.69) is 30.3 Å². The minimum Gasteiger partial charge on any atom is -0.448 e. The molecule has 34 heavy (non-hydrogen) atoms. The Kier molecular flexibility index (Phi) is 4.95. The lowest BCUT2D eigenvalue weighted by atomic mass is 9.93. The van der Waals surface area contributed by atoms with Crippen LogP contribution in [0.4, 0.5) is 9.18 Å². The van der Waals surface area contributed by atoms with Crippen LogP contribution in [0.5, 0.6) is 0 Å². The molecule has 0 saturated carbocycles. The second-order valence-electron chi connectivity index (χ2n) is 9.21. The number of hydrogen-bond acceptors (Lipinski definition) is 3. The maximum atomic E-state index is 14.5. The fraction of sp³-hybridized carbons (Fsp3) is 0.241. The van der Waals surface area contributed by atoms with E-state index in [0.717, 1.165) is 18.4 Å². The van der Waals surface area contributed by atoms with Crippen molar-refractivity contribution < 1.29 is 13.9 Å². The van der Waals surface area contributed by atoms with Gasteiger partial charge in [0.1, 0.15) is 12.4 Å². The van der Waals surface area contributed by atoms with Gasteiger partial charge in [0.2, 0.25) is 0 Å². The molecule has 0 N–H and O–H groups in total. The van der Waals surface area contributed by atoms with Crippen LogP contribution in [-0.2, 0) is 4.74 Å². The van der Waals surface area contributed by atoms with Crippen LogP contribution in [0.15, 0.2) is 72.8 Å². The van der Waals surface area contributed by atoms with E-state index in [1.165, 1.54) is 34.4 Å². The van der Waals surface area contributed by atoms with Gasteiger partial charge in [0.25, 0.3) is 0 Å². The predicted octanol–water partition coefficient (Wildman–Crippen LogP) is 6.27. The van der Waals surface area contributed by atoms with Crippen LogP contribution in [0.1, 0.15) is 47.4 Å². The molecule has 1 aliphatic carbocycles. The van der Waals surface area contributed by atoms with Gasteiger partial charge in [-0.2, -0.15) is 5.26 Å². The predicted molar refractivity (Wildman–Crippen MR) is 127 cm³/mol. The first-order chi connectivity index (χ1) is 16.6. The first kappa shape index (κ1) is 20.7. The van der Waals surface area contributed by atoms with Gasteiger partial charge in [-0.05, 0) is 65.3 Å². The summed E-state index contributed by atoms with van der Waals surface area (Å²) in [6.07, 6.45) is 3.92. The summed E-state index contributed by atoms with van der Waals surface area (Å²) >= 11 is 0. The van der Waals surface area contributed by atoms with Crippen molar-refractivity contribution in [1.82, 2.24) is 4.90 Å². The molecule has 4 nitrogen and oxygen atoms in total. The molecule has 3 aromatic rings. The lowest BCUT2D eigenvalue weighted by Gasteiger charge is -2.33. The third kappa shape index (κ3) is 3.30. The Bertz CT molecular complexity index is 1330. The lowest BCUT2D eigenvalue weighted by molar-refractivity contribution is 0.0866. The zero-order valence-corrected chi connectivity index (χ0v) is 18.6. The highest BCUT2D eigenvalue weighted by Crippen LogP contribution is 2.45. The van der Waals surface area contributed by atoms with Gasteiger partial charge in [0.15, 0.2) is 0 Å². The van der Waals surface area contributed by atoms with E-state index in [1.807, 2.05) is 35.2 Å². The summed E-state index contributed by atoms with van der Waals surface area (Å²) < 4.78 is 20.4. The average molecular weight is 451 g/mol. The van der Waals surface area contributed by atoms with Crippen LogP contribution in [-0.4, -0.2) is 29.7 Å². The highest BCUT2D eigenvalue weighted by molar-refractivity contribution is 5.79. The number of carbonyl (C=O) groups is 1. The van der Waals surface area contributed by atoms with Crippen molar-refractivity contribution >= 4 is 11.7 Å². The first-order valence-corrected chi connectivity index (χ1v) is 11.7. The Labute approximate surface area is 197 Å². The first-order valence-electron chi connectivity index (χ1n) is 11.7. The number of fused-ring (bicyclic) bond motifs is 5. The molecule has 2 heterocycles. The van der Waals surface area contributed by atoms with Gasteiger partial charge in [-0.25, -0.2) is 9.18 Å². The highest BCUT2D eigenvalue weighted by atomic mass is 19.1. The lowest BCUT2D eigenvalue weighted by Crippen LogP contribution is -2.43. The van der Waals surface area contributed by atoms with Crippen molar-refractivity contribution in [2.45, 2.75) is 37.3 Å². The van der Waals surface area contributed by atoms with Crippen LogP contribution in [0, 0.1) is 17.1 Å². The summed E-state index contributed by atoms with van der Waals surface area (Å²) in [6.45, 7) is 0.290. The van der Waals surface area contributed by atoms with Crippen LogP contribution in [0.25, 0.3) is 16.7 Å². The summed E-state index contributed by atoms with van der Waals surface area (Å²) in [4.78, 5) is 15.0.